The lowest BCUT2D eigenvalue weighted by atomic mass is 9.87. The number of nitrogens with one attached hydrogen (secondary N) is 1. The first kappa shape index (κ1) is 12.0. The van der Waals surface area contributed by atoms with Gasteiger partial charge in [-0.05, 0) is 24.1 Å². The highest BCUT2D eigenvalue weighted by molar-refractivity contribution is 5.32. The van der Waals surface area contributed by atoms with Crippen molar-refractivity contribution in [2.75, 3.05) is 26.8 Å². The van der Waals surface area contributed by atoms with Crippen LogP contribution < -0.4 is 10.1 Å². The highest BCUT2D eigenvalue weighted by atomic mass is 16.5. The molecule has 2 heterocycles. The summed E-state index contributed by atoms with van der Waals surface area (Å²) < 4.78 is 11.2. The van der Waals surface area contributed by atoms with Gasteiger partial charge in [0.2, 0.25) is 0 Å². The first-order valence-corrected chi connectivity index (χ1v) is 6.40. The van der Waals surface area contributed by atoms with Crippen molar-refractivity contribution in [3.05, 3.63) is 29.8 Å². The van der Waals surface area contributed by atoms with Crippen LogP contribution in [0.15, 0.2) is 24.3 Å². The summed E-state index contributed by atoms with van der Waals surface area (Å²) in [6.07, 6.45) is 0.474. The molecule has 98 valence electrons. The van der Waals surface area contributed by atoms with Gasteiger partial charge in [0.15, 0.2) is 0 Å². The maximum atomic E-state index is 10.0. The van der Waals surface area contributed by atoms with Gasteiger partial charge >= 0.3 is 0 Å². The minimum absolute atomic E-state index is 0.342. The van der Waals surface area contributed by atoms with Gasteiger partial charge < -0.3 is 19.9 Å². The molecule has 2 saturated heterocycles. The molecule has 4 nitrogen and oxygen atoms in total. The maximum absolute atomic E-state index is 10.0. The van der Waals surface area contributed by atoms with Crippen molar-refractivity contribution in [2.24, 2.45) is 0 Å². The highest BCUT2D eigenvalue weighted by Crippen LogP contribution is 2.40. The van der Waals surface area contributed by atoms with Gasteiger partial charge in [-0.2, -0.15) is 0 Å². The predicted molar refractivity (Wildman–Crippen MR) is 67.9 cm³/mol. The summed E-state index contributed by atoms with van der Waals surface area (Å²) in [6, 6.07) is 8.11. The first-order chi connectivity index (χ1) is 8.73. The molecular formula is C14H19NO3. The van der Waals surface area contributed by atoms with E-state index in [1.807, 2.05) is 12.1 Å². The molecule has 0 unspecified atom stereocenters. The van der Waals surface area contributed by atoms with Crippen LogP contribution in [0.3, 0.4) is 0 Å². The third kappa shape index (κ3) is 1.90. The van der Waals surface area contributed by atoms with Crippen LogP contribution in [0.2, 0.25) is 0 Å². The number of ether oxygens (including phenoxy) is 2. The van der Waals surface area contributed by atoms with E-state index in [1.165, 1.54) is 5.56 Å². The molecule has 2 fully saturated rings. The van der Waals surface area contributed by atoms with Crippen molar-refractivity contribution in [3.63, 3.8) is 0 Å². The Morgan fingerprint density at radius 2 is 2.39 bits per heavy atom. The molecule has 0 aliphatic carbocycles. The molecule has 2 N–H and O–H groups in total. The van der Waals surface area contributed by atoms with E-state index >= 15 is 0 Å². The lowest BCUT2D eigenvalue weighted by Gasteiger charge is -2.25. The molecule has 3 rings (SSSR count). The fourth-order valence-electron chi connectivity index (χ4n) is 2.99. The average molecular weight is 249 g/mol. The number of β-amino-alcohol motifs (C(OH)–C–C–N with tert-alkyl or cyclic N) is 1. The molecular weight excluding hydrogens is 230 g/mol. The number of aliphatic hydroxyl groups is 1. The minimum atomic E-state index is -0.395. The third-order valence-corrected chi connectivity index (χ3v) is 4.10. The van der Waals surface area contributed by atoms with Gasteiger partial charge in [-0.3, -0.25) is 0 Å². The minimum Gasteiger partial charge on any atom is -0.497 e. The number of hydrogen-bond donors (Lipinski definition) is 2. The number of hydrogen-bond acceptors (Lipinski definition) is 4. The predicted octanol–water partition coefficient (Wildman–Crippen LogP) is 0.902. The standard InChI is InChI=1S/C14H19NO3/c1-17-12-4-2-3-10(5-12)11-6-14(18-8-11)9-15-7-13(14)16/h2-5,11,13,15-16H,6-9H2,1H3/t11-,13+,14+/m0/s1. The van der Waals surface area contributed by atoms with E-state index in [2.05, 4.69) is 17.4 Å². The van der Waals surface area contributed by atoms with Gasteiger partial charge in [0.05, 0.1) is 19.8 Å². The van der Waals surface area contributed by atoms with Crippen LogP contribution in [0.25, 0.3) is 0 Å². The molecule has 1 aromatic rings. The number of benzene rings is 1. The number of aliphatic hydroxyl groups excluding tert-OH is 1. The van der Waals surface area contributed by atoms with Gasteiger partial charge in [-0.25, -0.2) is 0 Å². The van der Waals surface area contributed by atoms with E-state index in [0.29, 0.717) is 19.1 Å². The molecule has 0 saturated carbocycles. The monoisotopic (exact) mass is 249 g/mol. The molecule has 2 aliphatic rings. The molecule has 0 amide bonds. The Morgan fingerprint density at radius 1 is 1.50 bits per heavy atom. The van der Waals surface area contributed by atoms with Crippen LogP contribution >= 0.6 is 0 Å². The summed E-state index contributed by atoms with van der Waals surface area (Å²) in [5.74, 6) is 1.22. The van der Waals surface area contributed by atoms with E-state index in [9.17, 15) is 5.11 Å². The van der Waals surface area contributed by atoms with E-state index in [1.54, 1.807) is 7.11 Å². The average Bonchev–Trinajstić information content (AvgIpc) is 2.99. The van der Waals surface area contributed by atoms with E-state index in [0.717, 1.165) is 18.7 Å². The lowest BCUT2D eigenvalue weighted by Crippen LogP contribution is -2.40. The van der Waals surface area contributed by atoms with Crippen LogP contribution in [0.5, 0.6) is 5.75 Å². The summed E-state index contributed by atoms with van der Waals surface area (Å²) in [5, 5.41) is 13.2. The Hall–Kier alpha value is -1.10. The van der Waals surface area contributed by atoms with Crippen LogP contribution in [0.1, 0.15) is 17.9 Å². The van der Waals surface area contributed by atoms with Crippen molar-refractivity contribution < 1.29 is 14.6 Å². The summed E-state index contributed by atoms with van der Waals surface area (Å²) in [6.45, 7) is 2.05. The Bertz CT molecular complexity index is 437. The molecule has 0 radical (unpaired) electrons. The summed E-state index contributed by atoms with van der Waals surface area (Å²) in [7, 11) is 1.68. The van der Waals surface area contributed by atoms with Crippen molar-refractivity contribution in [2.45, 2.75) is 24.0 Å². The zero-order valence-corrected chi connectivity index (χ0v) is 10.6. The molecule has 18 heavy (non-hydrogen) atoms. The maximum Gasteiger partial charge on any atom is 0.119 e. The van der Waals surface area contributed by atoms with Crippen LogP contribution in [-0.2, 0) is 4.74 Å². The number of rotatable bonds is 2. The topological polar surface area (TPSA) is 50.7 Å². The van der Waals surface area contributed by atoms with Crippen molar-refractivity contribution in [1.82, 2.24) is 5.32 Å². The fraction of sp³-hybridized carbons (Fsp3) is 0.571. The number of methoxy groups -OCH3 is 1. The molecule has 1 aromatic carbocycles. The Labute approximate surface area is 107 Å². The molecule has 3 atom stereocenters. The normalized spacial score (nSPS) is 35.2. The zero-order chi connectivity index (χ0) is 12.6. The highest BCUT2D eigenvalue weighted by Gasteiger charge is 2.49. The molecule has 2 aliphatic heterocycles. The van der Waals surface area contributed by atoms with E-state index in [4.69, 9.17) is 9.47 Å². The van der Waals surface area contributed by atoms with Gasteiger partial charge in [0.1, 0.15) is 11.4 Å². The smallest absolute Gasteiger partial charge is 0.119 e. The van der Waals surface area contributed by atoms with Gasteiger partial charge in [-0.1, -0.05) is 12.1 Å². The van der Waals surface area contributed by atoms with Gasteiger partial charge in [0, 0.05) is 19.0 Å². The molecule has 4 heteroatoms. The second-order valence-electron chi connectivity index (χ2n) is 5.20. The van der Waals surface area contributed by atoms with Crippen molar-refractivity contribution in [1.29, 1.82) is 0 Å². The first-order valence-electron chi connectivity index (χ1n) is 6.40. The third-order valence-electron chi connectivity index (χ3n) is 4.10. The Kier molecular flexibility index (Phi) is 3.01. The Balaban J connectivity index is 1.79. The van der Waals surface area contributed by atoms with Crippen LogP contribution in [0, 0.1) is 0 Å². The zero-order valence-electron chi connectivity index (χ0n) is 10.6. The van der Waals surface area contributed by atoms with Gasteiger partial charge in [-0.15, -0.1) is 0 Å². The largest absolute Gasteiger partial charge is 0.497 e. The van der Waals surface area contributed by atoms with E-state index < -0.39 is 6.10 Å². The summed E-state index contributed by atoms with van der Waals surface area (Å²) in [5.41, 5.74) is 0.846. The van der Waals surface area contributed by atoms with Crippen molar-refractivity contribution >= 4 is 0 Å². The second kappa shape index (κ2) is 4.53. The Morgan fingerprint density at radius 3 is 3.11 bits per heavy atom. The summed E-state index contributed by atoms with van der Waals surface area (Å²) in [4.78, 5) is 0. The fourth-order valence-corrected chi connectivity index (χ4v) is 2.99. The van der Waals surface area contributed by atoms with Gasteiger partial charge in [0.25, 0.3) is 0 Å². The van der Waals surface area contributed by atoms with Crippen LogP contribution in [0.4, 0.5) is 0 Å². The SMILES string of the molecule is COc1cccc([C@@H]2CO[C@@]3(CNC[C@H]3O)C2)c1. The quantitative estimate of drug-likeness (QED) is 0.817. The molecule has 0 aromatic heterocycles. The van der Waals surface area contributed by atoms with E-state index in [-0.39, 0.29) is 5.60 Å². The van der Waals surface area contributed by atoms with Crippen molar-refractivity contribution in [3.8, 4) is 5.75 Å². The molecule has 1 spiro atoms. The van der Waals surface area contributed by atoms with Crippen LogP contribution in [-0.4, -0.2) is 43.6 Å². The second-order valence-corrected chi connectivity index (χ2v) is 5.20. The molecule has 0 bridgehead atoms. The lowest BCUT2D eigenvalue weighted by molar-refractivity contribution is -0.0581. The summed E-state index contributed by atoms with van der Waals surface area (Å²) >= 11 is 0.